The first-order valence-electron chi connectivity index (χ1n) is 7.48. The molecule has 5 heteroatoms. The van der Waals surface area contributed by atoms with E-state index in [-0.39, 0.29) is 11.6 Å². The van der Waals surface area contributed by atoms with Gasteiger partial charge in [0.2, 0.25) is 0 Å². The second-order valence-corrected chi connectivity index (χ2v) is 5.42. The van der Waals surface area contributed by atoms with Crippen molar-refractivity contribution in [2.24, 2.45) is 0 Å². The van der Waals surface area contributed by atoms with Gasteiger partial charge in [-0.25, -0.2) is 9.59 Å². The number of piperidine rings is 1. The predicted octanol–water partition coefficient (Wildman–Crippen LogP) is 2.86. The van der Waals surface area contributed by atoms with E-state index >= 15 is 0 Å². The monoisotopic (exact) mass is 290 g/mol. The minimum absolute atomic E-state index is 0.0534. The van der Waals surface area contributed by atoms with Gasteiger partial charge in [0.1, 0.15) is 0 Å². The Balaban J connectivity index is 1.94. The summed E-state index contributed by atoms with van der Waals surface area (Å²) in [6, 6.07) is 6.92. The maximum atomic E-state index is 12.3. The summed E-state index contributed by atoms with van der Waals surface area (Å²) in [6.45, 7) is 3.26. The standard InChI is InChI=1S/C16H22N2O3/c1-2-14-8-3-4-9-18(14)16(21)17-11-12-6-5-7-13(10-12)15(19)20/h5-7,10,14H,2-4,8-9,11H2,1H3,(H,17,21)(H,19,20). The second kappa shape index (κ2) is 7.11. The van der Waals surface area contributed by atoms with Crippen LogP contribution in [0, 0.1) is 0 Å². The van der Waals surface area contributed by atoms with E-state index in [1.165, 1.54) is 6.42 Å². The van der Waals surface area contributed by atoms with Crippen molar-refractivity contribution < 1.29 is 14.7 Å². The predicted molar refractivity (Wildman–Crippen MR) is 80.3 cm³/mol. The number of nitrogens with zero attached hydrogens (tertiary/aromatic N) is 1. The average Bonchev–Trinajstić information content (AvgIpc) is 2.52. The summed E-state index contributed by atoms with van der Waals surface area (Å²) >= 11 is 0. The number of carbonyl (C=O) groups excluding carboxylic acids is 1. The van der Waals surface area contributed by atoms with Gasteiger partial charge >= 0.3 is 12.0 Å². The van der Waals surface area contributed by atoms with Gasteiger partial charge in [-0.1, -0.05) is 19.1 Å². The van der Waals surface area contributed by atoms with Gasteiger partial charge in [0.25, 0.3) is 0 Å². The third kappa shape index (κ3) is 3.97. The van der Waals surface area contributed by atoms with Crippen molar-refractivity contribution in [2.45, 2.75) is 45.2 Å². The molecule has 0 aliphatic carbocycles. The van der Waals surface area contributed by atoms with Gasteiger partial charge in [0, 0.05) is 19.1 Å². The molecule has 0 saturated carbocycles. The van der Waals surface area contributed by atoms with E-state index in [2.05, 4.69) is 12.2 Å². The average molecular weight is 290 g/mol. The van der Waals surface area contributed by atoms with Crippen molar-refractivity contribution in [1.29, 1.82) is 0 Å². The largest absolute Gasteiger partial charge is 0.478 e. The topological polar surface area (TPSA) is 69.6 Å². The van der Waals surface area contributed by atoms with Crippen molar-refractivity contribution in [1.82, 2.24) is 10.2 Å². The number of aromatic carboxylic acids is 1. The summed E-state index contributed by atoms with van der Waals surface area (Å²) in [5.41, 5.74) is 1.04. The van der Waals surface area contributed by atoms with Gasteiger partial charge in [-0.05, 0) is 43.4 Å². The highest BCUT2D eigenvalue weighted by molar-refractivity contribution is 5.87. The van der Waals surface area contributed by atoms with Crippen LogP contribution < -0.4 is 5.32 Å². The van der Waals surface area contributed by atoms with E-state index in [4.69, 9.17) is 5.11 Å². The maximum Gasteiger partial charge on any atom is 0.335 e. The fourth-order valence-corrected chi connectivity index (χ4v) is 2.79. The lowest BCUT2D eigenvalue weighted by molar-refractivity contribution is 0.0696. The molecule has 1 heterocycles. The van der Waals surface area contributed by atoms with Crippen LogP contribution in [0.4, 0.5) is 4.79 Å². The van der Waals surface area contributed by atoms with Gasteiger partial charge in [-0.2, -0.15) is 0 Å². The zero-order chi connectivity index (χ0) is 15.2. The molecule has 1 aliphatic rings. The van der Waals surface area contributed by atoms with Crippen molar-refractivity contribution in [3.8, 4) is 0 Å². The molecule has 2 N–H and O–H groups in total. The molecule has 2 rings (SSSR count). The molecule has 1 atom stereocenters. The van der Waals surface area contributed by atoms with Crippen LogP contribution in [0.5, 0.6) is 0 Å². The van der Waals surface area contributed by atoms with Crippen molar-refractivity contribution in [3.05, 3.63) is 35.4 Å². The van der Waals surface area contributed by atoms with Gasteiger partial charge in [-0.3, -0.25) is 0 Å². The summed E-state index contributed by atoms with van der Waals surface area (Å²) in [6.07, 6.45) is 4.28. The Hall–Kier alpha value is -2.04. The number of urea groups is 1. The first-order chi connectivity index (χ1) is 10.1. The van der Waals surface area contributed by atoms with E-state index in [1.807, 2.05) is 11.0 Å². The molecule has 1 fully saturated rings. The highest BCUT2D eigenvalue weighted by atomic mass is 16.4. The summed E-state index contributed by atoms with van der Waals surface area (Å²) in [7, 11) is 0. The van der Waals surface area contributed by atoms with Crippen LogP contribution in [0.25, 0.3) is 0 Å². The molecule has 1 saturated heterocycles. The molecule has 1 aromatic rings. The lowest BCUT2D eigenvalue weighted by Gasteiger charge is -2.35. The third-order valence-corrected chi connectivity index (χ3v) is 3.98. The number of rotatable bonds is 4. The molecule has 0 radical (unpaired) electrons. The van der Waals surface area contributed by atoms with Crippen LogP contribution in [0.15, 0.2) is 24.3 Å². The Bertz CT molecular complexity index is 516. The third-order valence-electron chi connectivity index (χ3n) is 3.98. The molecule has 21 heavy (non-hydrogen) atoms. The Labute approximate surface area is 125 Å². The van der Waals surface area contributed by atoms with Crippen LogP contribution in [0.2, 0.25) is 0 Å². The molecule has 2 amide bonds. The van der Waals surface area contributed by atoms with Crippen molar-refractivity contribution in [3.63, 3.8) is 0 Å². The summed E-state index contributed by atoms with van der Waals surface area (Å²) in [4.78, 5) is 25.1. The lowest BCUT2D eigenvalue weighted by atomic mass is 10.0. The van der Waals surface area contributed by atoms with Gasteiger partial charge in [0.05, 0.1) is 5.56 Å². The fourth-order valence-electron chi connectivity index (χ4n) is 2.79. The molecule has 1 unspecified atom stereocenters. The molecule has 0 spiro atoms. The number of carboxylic acids is 1. The first-order valence-corrected chi connectivity index (χ1v) is 7.48. The number of amides is 2. The molecule has 1 aromatic carbocycles. The highest BCUT2D eigenvalue weighted by Crippen LogP contribution is 2.19. The first kappa shape index (κ1) is 15.4. The van der Waals surface area contributed by atoms with E-state index in [0.29, 0.717) is 12.6 Å². The molecule has 5 nitrogen and oxygen atoms in total. The zero-order valence-corrected chi connectivity index (χ0v) is 12.3. The van der Waals surface area contributed by atoms with Gasteiger partial charge < -0.3 is 15.3 Å². The molecule has 0 aromatic heterocycles. The summed E-state index contributed by atoms with van der Waals surface area (Å²) in [5.74, 6) is -0.953. The molecular weight excluding hydrogens is 268 g/mol. The second-order valence-electron chi connectivity index (χ2n) is 5.42. The molecule has 1 aliphatic heterocycles. The van der Waals surface area contributed by atoms with Crippen LogP contribution in [0.3, 0.4) is 0 Å². The number of likely N-dealkylation sites (tertiary alicyclic amines) is 1. The fraction of sp³-hybridized carbons (Fsp3) is 0.500. The molecule has 0 bridgehead atoms. The smallest absolute Gasteiger partial charge is 0.335 e. The number of nitrogens with one attached hydrogen (secondary N) is 1. The summed E-state index contributed by atoms with van der Waals surface area (Å²) in [5, 5.41) is 11.9. The number of hydrogen-bond acceptors (Lipinski definition) is 2. The zero-order valence-electron chi connectivity index (χ0n) is 12.3. The maximum absolute atomic E-state index is 12.3. The molecule has 114 valence electrons. The minimum Gasteiger partial charge on any atom is -0.478 e. The number of carbonyl (C=O) groups is 2. The highest BCUT2D eigenvalue weighted by Gasteiger charge is 2.24. The van der Waals surface area contributed by atoms with Gasteiger partial charge in [0.15, 0.2) is 0 Å². The SMILES string of the molecule is CCC1CCCCN1C(=O)NCc1cccc(C(=O)O)c1. The number of carboxylic acid groups (broad SMARTS) is 1. The van der Waals surface area contributed by atoms with Crippen LogP contribution in [-0.2, 0) is 6.54 Å². The van der Waals surface area contributed by atoms with Crippen molar-refractivity contribution in [2.75, 3.05) is 6.54 Å². The van der Waals surface area contributed by atoms with Crippen LogP contribution in [-0.4, -0.2) is 34.6 Å². The minimum atomic E-state index is -0.953. The van der Waals surface area contributed by atoms with E-state index < -0.39 is 5.97 Å². The number of benzene rings is 1. The van der Waals surface area contributed by atoms with Gasteiger partial charge in [-0.15, -0.1) is 0 Å². The summed E-state index contributed by atoms with van der Waals surface area (Å²) < 4.78 is 0. The van der Waals surface area contributed by atoms with Crippen LogP contribution in [0.1, 0.15) is 48.5 Å². The lowest BCUT2D eigenvalue weighted by Crippen LogP contribution is -2.48. The Kier molecular flexibility index (Phi) is 5.20. The Morgan fingerprint density at radius 2 is 2.19 bits per heavy atom. The van der Waals surface area contributed by atoms with Crippen LogP contribution >= 0.6 is 0 Å². The Morgan fingerprint density at radius 3 is 2.90 bits per heavy atom. The number of hydrogen-bond donors (Lipinski definition) is 2. The van der Waals surface area contributed by atoms with E-state index in [1.54, 1.807) is 18.2 Å². The Morgan fingerprint density at radius 1 is 1.38 bits per heavy atom. The van der Waals surface area contributed by atoms with Crippen molar-refractivity contribution >= 4 is 12.0 Å². The normalized spacial score (nSPS) is 18.3. The molecular formula is C16H22N2O3. The van der Waals surface area contributed by atoms with E-state index in [9.17, 15) is 9.59 Å². The van der Waals surface area contributed by atoms with E-state index in [0.717, 1.165) is 31.4 Å². The quantitative estimate of drug-likeness (QED) is 0.895.